The fourth-order valence-corrected chi connectivity index (χ4v) is 1.78. The molecular formula is C13H16N2O. The molecule has 0 unspecified atom stereocenters. The van der Waals surface area contributed by atoms with Gasteiger partial charge in [0.25, 0.3) is 0 Å². The molecule has 1 heterocycles. The Bertz CT molecular complexity index is 481. The van der Waals surface area contributed by atoms with Crippen molar-refractivity contribution in [3.05, 3.63) is 34.9 Å². The van der Waals surface area contributed by atoms with Gasteiger partial charge in [0.1, 0.15) is 5.84 Å². The van der Waals surface area contributed by atoms with E-state index in [9.17, 15) is 4.79 Å². The number of rotatable bonds is 1. The number of hydrogen-bond acceptors (Lipinski definition) is 3. The zero-order valence-corrected chi connectivity index (χ0v) is 9.87. The Labute approximate surface area is 95.4 Å². The molecule has 1 aromatic carbocycles. The van der Waals surface area contributed by atoms with Crippen molar-refractivity contribution in [2.24, 2.45) is 16.1 Å². The number of benzene rings is 1. The highest BCUT2D eigenvalue weighted by atomic mass is 16.1. The van der Waals surface area contributed by atoms with Crippen molar-refractivity contribution < 1.29 is 4.79 Å². The van der Waals surface area contributed by atoms with E-state index in [-0.39, 0.29) is 11.2 Å². The standard InChI is InChI=1S/C13H16N2O/c1-13(2,3)11(16)8-4-5-9-7-15-12(14)10(9)6-8/h4-6H,7H2,1-3H3,(H2,14,15). The van der Waals surface area contributed by atoms with Gasteiger partial charge in [-0.05, 0) is 11.6 Å². The molecule has 0 saturated carbocycles. The average molecular weight is 216 g/mol. The van der Waals surface area contributed by atoms with Gasteiger partial charge in [-0.15, -0.1) is 0 Å². The lowest BCUT2D eigenvalue weighted by Crippen LogP contribution is -2.21. The highest BCUT2D eigenvalue weighted by Crippen LogP contribution is 2.24. The summed E-state index contributed by atoms with van der Waals surface area (Å²) in [5.41, 5.74) is 8.13. The maximum Gasteiger partial charge on any atom is 0.168 e. The number of carbonyl (C=O) groups excluding carboxylic acids is 1. The molecule has 0 saturated heterocycles. The van der Waals surface area contributed by atoms with Crippen molar-refractivity contribution in [2.75, 3.05) is 0 Å². The molecule has 0 aromatic heterocycles. The van der Waals surface area contributed by atoms with E-state index in [1.165, 1.54) is 0 Å². The predicted octanol–water partition coefficient (Wildman–Crippen LogP) is 2.13. The molecule has 0 aliphatic carbocycles. The van der Waals surface area contributed by atoms with E-state index in [2.05, 4.69) is 4.99 Å². The zero-order chi connectivity index (χ0) is 11.9. The Morgan fingerprint density at radius 1 is 1.38 bits per heavy atom. The van der Waals surface area contributed by atoms with Gasteiger partial charge in [-0.2, -0.15) is 0 Å². The van der Waals surface area contributed by atoms with Crippen molar-refractivity contribution in [1.82, 2.24) is 0 Å². The molecule has 0 spiro atoms. The number of carbonyl (C=O) groups is 1. The third-order valence-corrected chi connectivity index (χ3v) is 2.75. The summed E-state index contributed by atoms with van der Waals surface area (Å²) >= 11 is 0. The SMILES string of the molecule is CC(C)(C)C(=O)c1ccc2c(c1)C(N)=NC2. The minimum Gasteiger partial charge on any atom is -0.383 e. The lowest BCUT2D eigenvalue weighted by Gasteiger charge is -2.17. The van der Waals surface area contributed by atoms with E-state index < -0.39 is 0 Å². The maximum atomic E-state index is 12.1. The van der Waals surface area contributed by atoms with E-state index in [1.54, 1.807) is 0 Å². The van der Waals surface area contributed by atoms with Crippen LogP contribution in [0.2, 0.25) is 0 Å². The van der Waals surface area contributed by atoms with E-state index in [1.807, 2.05) is 39.0 Å². The summed E-state index contributed by atoms with van der Waals surface area (Å²) in [6, 6.07) is 5.66. The van der Waals surface area contributed by atoms with Crippen molar-refractivity contribution in [1.29, 1.82) is 0 Å². The number of ketones is 1. The first-order chi connectivity index (χ1) is 7.39. The van der Waals surface area contributed by atoms with Crippen LogP contribution in [0.4, 0.5) is 0 Å². The number of fused-ring (bicyclic) bond motifs is 1. The first-order valence-electron chi connectivity index (χ1n) is 5.37. The quantitative estimate of drug-likeness (QED) is 0.731. The molecule has 1 aromatic rings. The normalized spacial score (nSPS) is 14.6. The van der Waals surface area contributed by atoms with Gasteiger partial charge >= 0.3 is 0 Å². The van der Waals surface area contributed by atoms with Crippen molar-refractivity contribution in [3.8, 4) is 0 Å². The maximum absolute atomic E-state index is 12.1. The first-order valence-corrected chi connectivity index (χ1v) is 5.37. The van der Waals surface area contributed by atoms with Crippen molar-refractivity contribution >= 4 is 11.6 Å². The van der Waals surface area contributed by atoms with Crippen LogP contribution < -0.4 is 5.73 Å². The van der Waals surface area contributed by atoms with Gasteiger partial charge in [0.05, 0.1) is 6.54 Å². The molecule has 2 rings (SSSR count). The predicted molar refractivity (Wildman–Crippen MR) is 64.7 cm³/mol. The summed E-state index contributed by atoms with van der Waals surface area (Å²) in [7, 11) is 0. The second kappa shape index (κ2) is 3.44. The molecule has 1 aliphatic rings. The van der Waals surface area contributed by atoms with Crippen LogP contribution in [0.3, 0.4) is 0 Å². The second-order valence-corrected chi connectivity index (χ2v) is 5.15. The summed E-state index contributed by atoms with van der Waals surface area (Å²) in [6.07, 6.45) is 0. The summed E-state index contributed by atoms with van der Waals surface area (Å²) in [5.74, 6) is 0.675. The van der Waals surface area contributed by atoms with Crippen LogP contribution in [0.15, 0.2) is 23.2 Å². The van der Waals surface area contributed by atoms with Gasteiger partial charge in [0.15, 0.2) is 5.78 Å². The fourth-order valence-electron chi connectivity index (χ4n) is 1.78. The Kier molecular flexibility index (Phi) is 2.34. The minimum absolute atomic E-state index is 0.134. The summed E-state index contributed by atoms with van der Waals surface area (Å²) in [6.45, 7) is 6.38. The molecule has 0 bridgehead atoms. The first kappa shape index (κ1) is 10.9. The average Bonchev–Trinajstić information content (AvgIpc) is 2.58. The molecule has 0 atom stereocenters. The van der Waals surface area contributed by atoms with Crippen LogP contribution in [-0.4, -0.2) is 11.6 Å². The molecule has 3 nitrogen and oxygen atoms in total. The molecule has 3 heteroatoms. The molecule has 0 fully saturated rings. The van der Waals surface area contributed by atoms with Crippen LogP contribution in [-0.2, 0) is 6.54 Å². The highest BCUT2D eigenvalue weighted by Gasteiger charge is 2.24. The van der Waals surface area contributed by atoms with Crippen LogP contribution in [0, 0.1) is 5.41 Å². The van der Waals surface area contributed by atoms with E-state index >= 15 is 0 Å². The Morgan fingerprint density at radius 3 is 2.69 bits per heavy atom. The molecule has 1 aliphatic heterocycles. The van der Waals surface area contributed by atoms with Gasteiger partial charge in [-0.3, -0.25) is 9.79 Å². The number of aliphatic imine (C=N–C) groups is 1. The van der Waals surface area contributed by atoms with Gasteiger partial charge in [0.2, 0.25) is 0 Å². The molecule has 16 heavy (non-hydrogen) atoms. The monoisotopic (exact) mass is 216 g/mol. The van der Waals surface area contributed by atoms with Crippen LogP contribution >= 0.6 is 0 Å². The van der Waals surface area contributed by atoms with E-state index in [0.29, 0.717) is 17.9 Å². The third-order valence-electron chi connectivity index (χ3n) is 2.75. The second-order valence-electron chi connectivity index (χ2n) is 5.15. The fraction of sp³-hybridized carbons (Fsp3) is 0.385. The van der Waals surface area contributed by atoms with Crippen molar-refractivity contribution in [2.45, 2.75) is 27.3 Å². The molecular weight excluding hydrogens is 200 g/mol. The Balaban J connectivity index is 2.43. The van der Waals surface area contributed by atoms with Crippen LogP contribution in [0.25, 0.3) is 0 Å². The Morgan fingerprint density at radius 2 is 2.06 bits per heavy atom. The lowest BCUT2D eigenvalue weighted by atomic mass is 9.85. The lowest BCUT2D eigenvalue weighted by molar-refractivity contribution is 0.0858. The van der Waals surface area contributed by atoms with Crippen LogP contribution in [0.5, 0.6) is 0 Å². The van der Waals surface area contributed by atoms with Crippen molar-refractivity contribution in [3.63, 3.8) is 0 Å². The smallest absolute Gasteiger partial charge is 0.168 e. The molecule has 0 amide bonds. The Hall–Kier alpha value is -1.64. The summed E-state index contributed by atoms with van der Waals surface area (Å²) < 4.78 is 0. The topological polar surface area (TPSA) is 55.5 Å². The van der Waals surface area contributed by atoms with Gasteiger partial charge < -0.3 is 5.73 Å². The number of amidine groups is 1. The van der Waals surface area contributed by atoms with Gasteiger partial charge in [-0.25, -0.2) is 0 Å². The molecule has 0 radical (unpaired) electrons. The zero-order valence-electron chi connectivity index (χ0n) is 9.87. The van der Waals surface area contributed by atoms with E-state index in [0.717, 1.165) is 11.1 Å². The number of Topliss-reactive ketones (excluding diaryl/α,β-unsaturated/α-hetero) is 1. The third kappa shape index (κ3) is 1.73. The minimum atomic E-state index is -0.362. The largest absolute Gasteiger partial charge is 0.383 e. The highest BCUT2D eigenvalue weighted by molar-refractivity contribution is 6.05. The summed E-state index contributed by atoms with van der Waals surface area (Å²) in [4.78, 5) is 16.2. The van der Waals surface area contributed by atoms with Gasteiger partial charge in [0, 0.05) is 16.5 Å². The number of nitrogens with two attached hydrogens (primary N) is 1. The van der Waals surface area contributed by atoms with Crippen LogP contribution in [0.1, 0.15) is 42.3 Å². The van der Waals surface area contributed by atoms with Gasteiger partial charge in [-0.1, -0.05) is 32.9 Å². The van der Waals surface area contributed by atoms with E-state index in [4.69, 9.17) is 5.73 Å². The molecule has 84 valence electrons. The number of hydrogen-bond donors (Lipinski definition) is 1. The molecule has 2 N–H and O–H groups in total. The summed E-state index contributed by atoms with van der Waals surface area (Å²) in [5, 5.41) is 0. The number of nitrogens with zero attached hydrogens (tertiary/aromatic N) is 1.